The molecule has 3 aromatic carbocycles. The van der Waals surface area contributed by atoms with Crippen molar-refractivity contribution in [3.8, 4) is 17.2 Å². The maximum absolute atomic E-state index is 12.0. The molecular weight excluding hydrogens is 670 g/mol. The van der Waals surface area contributed by atoms with Crippen LogP contribution in [0, 0.1) is 11.8 Å². The minimum atomic E-state index is -0.914. The minimum Gasteiger partial charge on any atom is -0.506 e. The van der Waals surface area contributed by atoms with E-state index in [1.165, 1.54) is 50.9 Å². The number of aliphatic hydroxyl groups is 2. The Labute approximate surface area is 312 Å². The van der Waals surface area contributed by atoms with Crippen LogP contribution in [0.5, 0.6) is 17.2 Å². The molecule has 1 saturated carbocycles. The average Bonchev–Trinajstić information content (AvgIpc) is 3.75. The third kappa shape index (κ3) is 8.90. The number of quaternary nitrogens is 1. The summed E-state index contributed by atoms with van der Waals surface area (Å²) in [6.45, 7) is 7.10. The normalized spacial score (nSPS) is 23.2. The first-order valence-corrected chi connectivity index (χ1v) is 19.7. The summed E-state index contributed by atoms with van der Waals surface area (Å²) in [5.41, 5.74) is 0.748. The van der Waals surface area contributed by atoms with Gasteiger partial charge in [-0.15, -0.1) is 0 Å². The van der Waals surface area contributed by atoms with Gasteiger partial charge in [-0.05, 0) is 79.3 Å². The Hall–Kier alpha value is -3.93. The predicted molar refractivity (Wildman–Crippen MR) is 205 cm³/mol. The van der Waals surface area contributed by atoms with Crippen molar-refractivity contribution in [1.29, 1.82) is 0 Å². The molecule has 3 saturated heterocycles. The third-order valence-corrected chi connectivity index (χ3v) is 12.1. The minimum absolute atomic E-state index is 0.0245. The van der Waals surface area contributed by atoms with Crippen molar-refractivity contribution in [2.75, 3.05) is 59.1 Å². The smallest absolute Gasteiger partial charge is 0.248 e. The first-order chi connectivity index (χ1) is 25.8. The number of rotatable bonds is 18. The highest BCUT2D eigenvalue weighted by molar-refractivity contribution is 5.87. The first kappa shape index (κ1) is 37.4. The molecule has 284 valence electrons. The summed E-state index contributed by atoms with van der Waals surface area (Å²) in [7, 11) is 0. The predicted octanol–water partition coefficient (Wildman–Crippen LogP) is 5.80. The van der Waals surface area contributed by atoms with Gasteiger partial charge in [0.15, 0.2) is 0 Å². The number of H-pyrrole nitrogens is 1. The van der Waals surface area contributed by atoms with Crippen LogP contribution in [0.4, 0.5) is 0 Å². The van der Waals surface area contributed by atoms with Gasteiger partial charge in [0.2, 0.25) is 5.56 Å². The summed E-state index contributed by atoms with van der Waals surface area (Å²) in [6.07, 6.45) is 8.05. The summed E-state index contributed by atoms with van der Waals surface area (Å²) in [4.78, 5) is 14.3. The van der Waals surface area contributed by atoms with Crippen LogP contribution >= 0.6 is 0 Å². The van der Waals surface area contributed by atoms with Crippen molar-refractivity contribution in [3.63, 3.8) is 0 Å². The number of benzene rings is 3. The van der Waals surface area contributed by atoms with Crippen LogP contribution in [0.15, 0.2) is 83.7 Å². The Morgan fingerprint density at radius 2 is 1.57 bits per heavy atom. The Morgan fingerprint density at radius 3 is 2.28 bits per heavy atom. The molecule has 1 aliphatic carbocycles. The number of piperidine rings is 3. The highest BCUT2D eigenvalue weighted by Gasteiger charge is 2.48. The topological polar surface area (TPSA) is 133 Å². The Balaban J connectivity index is 0.800. The van der Waals surface area contributed by atoms with E-state index in [2.05, 4.69) is 22.4 Å². The fourth-order valence-electron chi connectivity index (χ4n) is 9.03. The summed E-state index contributed by atoms with van der Waals surface area (Å²) in [5.74, 6) is 2.45. The molecule has 5 N–H and O–H groups in total. The van der Waals surface area contributed by atoms with Crippen molar-refractivity contribution >= 4 is 10.9 Å². The average molecular weight is 727 g/mol. The van der Waals surface area contributed by atoms with Crippen LogP contribution in [0.1, 0.15) is 68.6 Å². The molecule has 53 heavy (non-hydrogen) atoms. The Kier molecular flexibility index (Phi) is 12.0. The molecule has 10 nitrogen and oxygen atoms in total. The van der Waals surface area contributed by atoms with Gasteiger partial charge in [0, 0.05) is 43.2 Å². The maximum atomic E-state index is 12.0. The fourth-order valence-corrected chi connectivity index (χ4v) is 9.03. The second kappa shape index (κ2) is 17.0. The van der Waals surface area contributed by atoms with E-state index in [1.54, 1.807) is 12.1 Å². The number of aromatic nitrogens is 1. The quantitative estimate of drug-likeness (QED) is 0.0643. The lowest BCUT2D eigenvalue weighted by molar-refractivity contribution is -0.946. The van der Waals surface area contributed by atoms with Crippen LogP contribution in [0.3, 0.4) is 0 Å². The Morgan fingerprint density at radius 1 is 0.868 bits per heavy atom. The molecular formula is C43H56N3O7+. The van der Waals surface area contributed by atoms with Gasteiger partial charge in [0.1, 0.15) is 35.5 Å². The highest BCUT2D eigenvalue weighted by atomic mass is 16.5. The van der Waals surface area contributed by atoms with Gasteiger partial charge in [-0.2, -0.15) is 0 Å². The number of aromatic hydroxyl groups is 1. The molecule has 4 fully saturated rings. The molecule has 1 unspecified atom stereocenters. The lowest BCUT2D eigenvalue weighted by atomic mass is 9.80. The molecule has 4 aromatic rings. The molecule has 0 spiro atoms. The van der Waals surface area contributed by atoms with Crippen molar-refractivity contribution in [3.05, 3.63) is 100 Å². The molecule has 0 radical (unpaired) electrons. The second-order valence-corrected chi connectivity index (χ2v) is 15.5. The van der Waals surface area contributed by atoms with Gasteiger partial charge in [-0.25, -0.2) is 0 Å². The van der Waals surface area contributed by atoms with Gasteiger partial charge in [0.05, 0.1) is 51.1 Å². The fraction of sp³-hybridized carbons (Fsp3) is 0.512. The van der Waals surface area contributed by atoms with Crippen LogP contribution < -0.4 is 20.3 Å². The molecule has 0 amide bonds. The van der Waals surface area contributed by atoms with Crippen LogP contribution in [-0.2, 0) is 10.3 Å². The van der Waals surface area contributed by atoms with E-state index in [1.807, 2.05) is 42.5 Å². The van der Waals surface area contributed by atoms with E-state index >= 15 is 0 Å². The number of fused-ring (bicyclic) bond motifs is 4. The number of aliphatic hydroxyl groups excluding tert-OH is 1. The van der Waals surface area contributed by atoms with Crippen molar-refractivity contribution in [2.45, 2.75) is 69.2 Å². The van der Waals surface area contributed by atoms with E-state index in [0.717, 1.165) is 60.3 Å². The summed E-state index contributed by atoms with van der Waals surface area (Å²) < 4.78 is 19.9. The number of phenolic OH excluding ortho intramolecular Hbond substituents is 1. The van der Waals surface area contributed by atoms with E-state index < -0.39 is 11.7 Å². The number of aromatic amines is 1. The standard InChI is InChI=1S/C43H55N3O7/c47-38-18-16-36(37-17-19-41(49)45-42(37)38)39(48)28-44-22-6-26-51-34-12-14-35(15-13-34)52-27-7-23-46-24-20-31(21-25-46)40(29-46)53-30-43(50,33-10-4-5-11-33)32-8-2-1-3-9-32/h1-3,8-9,12-19,31,33,39-40,44,48,50H,4-7,10-11,20-30H2,(H-,45,47,49)/p+1/t31?,39-,40-,43?,46?/m0/s1. The van der Waals surface area contributed by atoms with Gasteiger partial charge in [0.25, 0.3) is 0 Å². The maximum Gasteiger partial charge on any atom is 0.248 e. The lowest BCUT2D eigenvalue weighted by Crippen LogP contribution is -2.65. The molecule has 3 aliphatic heterocycles. The van der Waals surface area contributed by atoms with E-state index in [9.17, 15) is 20.1 Å². The summed E-state index contributed by atoms with van der Waals surface area (Å²) in [6, 6.07) is 24.2. The molecule has 2 bridgehead atoms. The lowest BCUT2D eigenvalue weighted by Gasteiger charge is -2.53. The number of hydrogen-bond acceptors (Lipinski definition) is 8. The van der Waals surface area contributed by atoms with Gasteiger partial charge < -0.3 is 44.3 Å². The zero-order valence-electron chi connectivity index (χ0n) is 30.8. The van der Waals surface area contributed by atoms with E-state index in [4.69, 9.17) is 14.2 Å². The number of hydrogen-bond donors (Lipinski definition) is 5. The number of pyridine rings is 1. The first-order valence-electron chi connectivity index (χ1n) is 19.7. The zero-order valence-corrected chi connectivity index (χ0v) is 30.8. The molecule has 3 atom stereocenters. The van der Waals surface area contributed by atoms with Gasteiger partial charge in [-0.3, -0.25) is 4.79 Å². The second-order valence-electron chi connectivity index (χ2n) is 15.5. The SMILES string of the molecule is O=c1ccc2c([C@@H](O)CNCCCOc3ccc(OCCC[N+]45CCC(CC4)[C@@H](OCC(O)(c4ccccc4)C4CCCC4)C5)cc3)ccc(O)c2[nH]1. The van der Waals surface area contributed by atoms with E-state index in [-0.39, 0.29) is 23.3 Å². The number of phenols is 1. The van der Waals surface area contributed by atoms with Crippen LogP contribution in [0.25, 0.3) is 10.9 Å². The third-order valence-electron chi connectivity index (χ3n) is 12.1. The largest absolute Gasteiger partial charge is 0.506 e. The van der Waals surface area contributed by atoms with E-state index in [0.29, 0.717) is 55.3 Å². The number of nitrogens with zero attached hydrogens (tertiary/aromatic N) is 1. The summed E-state index contributed by atoms with van der Waals surface area (Å²) >= 11 is 0. The zero-order chi connectivity index (χ0) is 36.7. The van der Waals surface area contributed by atoms with Crippen LogP contribution in [0.2, 0.25) is 0 Å². The van der Waals surface area contributed by atoms with Gasteiger partial charge in [-0.1, -0.05) is 49.2 Å². The van der Waals surface area contributed by atoms with Crippen molar-refractivity contribution < 1.29 is 34.0 Å². The summed E-state index contributed by atoms with van der Waals surface area (Å²) in [5, 5.41) is 36.7. The molecule has 4 heterocycles. The van der Waals surface area contributed by atoms with Crippen molar-refractivity contribution in [1.82, 2.24) is 10.3 Å². The molecule has 4 aliphatic rings. The Bertz CT molecular complexity index is 1820. The number of ether oxygens (including phenoxy) is 3. The van der Waals surface area contributed by atoms with Gasteiger partial charge >= 0.3 is 0 Å². The monoisotopic (exact) mass is 726 g/mol. The molecule has 1 aromatic heterocycles. The molecule has 8 rings (SSSR count). The molecule has 10 heteroatoms. The number of nitrogens with one attached hydrogen (secondary N) is 2. The van der Waals surface area contributed by atoms with Crippen LogP contribution in [-0.4, -0.2) is 90.0 Å². The highest BCUT2D eigenvalue weighted by Crippen LogP contribution is 2.43. The van der Waals surface area contributed by atoms with Crippen molar-refractivity contribution in [2.24, 2.45) is 11.8 Å².